The first-order chi connectivity index (χ1) is 20.4. The molecule has 1 amide bonds. The van der Waals surface area contributed by atoms with Gasteiger partial charge in [-0.15, -0.1) is 0 Å². The molecule has 0 radical (unpaired) electrons. The van der Waals surface area contributed by atoms with E-state index < -0.39 is 11.9 Å². The van der Waals surface area contributed by atoms with Crippen LogP contribution in [0.2, 0.25) is 0 Å². The summed E-state index contributed by atoms with van der Waals surface area (Å²) >= 11 is 0. The number of aromatic nitrogens is 3. The van der Waals surface area contributed by atoms with Crippen LogP contribution in [0, 0.1) is 12.7 Å². The van der Waals surface area contributed by atoms with E-state index in [0.29, 0.717) is 23.1 Å². The molecule has 0 aliphatic carbocycles. The third-order valence-electron chi connectivity index (χ3n) is 7.94. The zero-order valence-corrected chi connectivity index (χ0v) is 23.6. The van der Waals surface area contributed by atoms with E-state index in [0.717, 1.165) is 53.6 Å². The number of phenolic OH excluding ortho intramolecular Hbond substituents is 1. The van der Waals surface area contributed by atoms with Gasteiger partial charge in [-0.1, -0.05) is 18.2 Å². The number of aromatic hydroxyl groups is 1. The molecular weight excluding hydrogens is 531 g/mol. The molecule has 3 aromatic carbocycles. The predicted molar refractivity (Wildman–Crippen MR) is 162 cm³/mol. The minimum absolute atomic E-state index is 0.117. The number of aromatic amines is 1. The number of piperidine rings is 1. The van der Waals surface area contributed by atoms with Gasteiger partial charge in [0.15, 0.2) is 5.82 Å². The van der Waals surface area contributed by atoms with Crippen LogP contribution in [0.1, 0.15) is 46.1 Å². The largest absolute Gasteiger partial charge is 0.508 e. The van der Waals surface area contributed by atoms with Crippen molar-refractivity contribution in [3.8, 4) is 17.1 Å². The second-order valence-electron chi connectivity index (χ2n) is 10.8. The van der Waals surface area contributed by atoms with E-state index in [-0.39, 0.29) is 17.2 Å². The van der Waals surface area contributed by atoms with Crippen LogP contribution in [0.15, 0.2) is 79.1 Å². The normalized spacial score (nSPS) is 14.7. The topological polar surface area (TPSA) is 106 Å². The molecule has 214 valence electrons. The molecule has 1 aliphatic rings. The third-order valence-corrected chi connectivity index (χ3v) is 7.94. The van der Waals surface area contributed by atoms with E-state index in [4.69, 9.17) is 0 Å². The number of hydrogen-bond donors (Lipinski definition) is 4. The first-order valence-electron chi connectivity index (χ1n) is 14.1. The van der Waals surface area contributed by atoms with Crippen molar-refractivity contribution >= 4 is 22.5 Å². The summed E-state index contributed by atoms with van der Waals surface area (Å²) < 4.78 is 14.3. The SMILES string of the molecule is CNC1CCN(c2cnc(-c3cc(C)cc(C(=O)N[C@@H](c4cc5ccccc5[nH]4)c4cc(F)ccc4O)c3)nc2)CC1. The van der Waals surface area contributed by atoms with Crippen molar-refractivity contribution in [2.24, 2.45) is 0 Å². The fourth-order valence-corrected chi connectivity index (χ4v) is 5.65. The Morgan fingerprint density at radius 2 is 1.81 bits per heavy atom. The molecule has 3 heterocycles. The van der Waals surface area contributed by atoms with Gasteiger partial charge < -0.3 is 25.6 Å². The third kappa shape index (κ3) is 5.69. The molecule has 0 saturated carbocycles. The first kappa shape index (κ1) is 27.4. The second kappa shape index (κ2) is 11.6. The molecule has 42 heavy (non-hydrogen) atoms. The van der Waals surface area contributed by atoms with Crippen LogP contribution in [0.3, 0.4) is 0 Å². The highest BCUT2D eigenvalue weighted by Crippen LogP contribution is 2.32. The molecule has 2 aromatic heterocycles. The Kier molecular flexibility index (Phi) is 7.58. The Morgan fingerprint density at radius 1 is 1.05 bits per heavy atom. The highest BCUT2D eigenvalue weighted by molar-refractivity contribution is 5.96. The molecule has 5 aromatic rings. The van der Waals surface area contributed by atoms with Gasteiger partial charge in [-0.05, 0) is 86.3 Å². The zero-order chi connectivity index (χ0) is 29.2. The van der Waals surface area contributed by atoms with Gasteiger partial charge in [-0.25, -0.2) is 14.4 Å². The fourth-order valence-electron chi connectivity index (χ4n) is 5.65. The van der Waals surface area contributed by atoms with Crippen molar-refractivity contribution in [2.45, 2.75) is 31.8 Å². The monoisotopic (exact) mass is 564 g/mol. The van der Waals surface area contributed by atoms with E-state index >= 15 is 0 Å². The number of fused-ring (bicyclic) bond motifs is 1. The molecule has 8 nitrogen and oxygen atoms in total. The molecule has 1 atom stereocenters. The van der Waals surface area contributed by atoms with E-state index in [1.807, 2.05) is 62.8 Å². The molecule has 4 N–H and O–H groups in total. The van der Waals surface area contributed by atoms with Crippen LogP contribution >= 0.6 is 0 Å². The van der Waals surface area contributed by atoms with Gasteiger partial charge in [-0.2, -0.15) is 0 Å². The smallest absolute Gasteiger partial charge is 0.252 e. The molecule has 9 heteroatoms. The maximum absolute atomic E-state index is 14.3. The number of hydrogen-bond acceptors (Lipinski definition) is 6. The number of nitrogens with zero attached hydrogens (tertiary/aromatic N) is 3. The Bertz CT molecular complexity index is 1690. The number of para-hydroxylation sites is 1. The summed E-state index contributed by atoms with van der Waals surface area (Å²) in [5.41, 5.74) is 4.72. The maximum Gasteiger partial charge on any atom is 0.252 e. The van der Waals surface area contributed by atoms with E-state index in [9.17, 15) is 14.3 Å². The lowest BCUT2D eigenvalue weighted by Crippen LogP contribution is -2.41. The number of carbonyl (C=O) groups is 1. The zero-order valence-electron chi connectivity index (χ0n) is 23.6. The Balaban J connectivity index is 1.28. The lowest BCUT2D eigenvalue weighted by atomic mass is 10.0. The average Bonchev–Trinajstić information content (AvgIpc) is 3.45. The average molecular weight is 565 g/mol. The fraction of sp³-hybridized carbons (Fsp3) is 0.242. The highest BCUT2D eigenvalue weighted by Gasteiger charge is 2.24. The Morgan fingerprint density at radius 3 is 2.55 bits per heavy atom. The van der Waals surface area contributed by atoms with Gasteiger partial charge in [0.2, 0.25) is 0 Å². The number of amides is 1. The molecule has 6 rings (SSSR count). The number of phenols is 1. The second-order valence-corrected chi connectivity index (χ2v) is 10.8. The number of aryl methyl sites for hydroxylation is 1. The van der Waals surface area contributed by atoms with Gasteiger partial charge in [0, 0.05) is 47.0 Å². The van der Waals surface area contributed by atoms with Crippen LogP contribution in [-0.4, -0.2) is 52.1 Å². The minimum atomic E-state index is -0.827. The number of carbonyl (C=O) groups excluding carboxylic acids is 1. The van der Waals surface area contributed by atoms with Crippen molar-refractivity contribution in [1.29, 1.82) is 0 Å². The molecule has 0 bridgehead atoms. The quantitative estimate of drug-likeness (QED) is 0.209. The van der Waals surface area contributed by atoms with Crippen molar-refractivity contribution in [3.63, 3.8) is 0 Å². The number of H-pyrrole nitrogens is 1. The standard InChI is InChI=1S/C33H33FN6O2/c1-20-13-22(32-36-18-26(19-37-32)40-11-9-25(35-2)10-12-40)15-23(14-20)33(42)39-31(27-17-24(34)7-8-30(27)41)29-16-21-5-3-4-6-28(21)38-29/h3-8,13-19,25,31,35,38,41H,9-12H2,1-2H3,(H,39,42)/t31-/m1/s1. The predicted octanol–water partition coefficient (Wildman–Crippen LogP) is 5.49. The summed E-state index contributed by atoms with van der Waals surface area (Å²) in [5, 5.41) is 17.9. The van der Waals surface area contributed by atoms with Crippen LogP contribution in [0.5, 0.6) is 5.75 Å². The highest BCUT2D eigenvalue weighted by atomic mass is 19.1. The number of rotatable bonds is 7. The van der Waals surface area contributed by atoms with Crippen LogP contribution in [0.4, 0.5) is 10.1 Å². The van der Waals surface area contributed by atoms with Gasteiger partial charge in [-0.3, -0.25) is 4.79 Å². The molecule has 1 aliphatic heterocycles. The lowest BCUT2D eigenvalue weighted by Gasteiger charge is -2.33. The van der Waals surface area contributed by atoms with Crippen molar-refractivity contribution < 1.29 is 14.3 Å². The van der Waals surface area contributed by atoms with Crippen LogP contribution in [0.25, 0.3) is 22.3 Å². The van der Waals surface area contributed by atoms with Crippen molar-refractivity contribution in [1.82, 2.24) is 25.6 Å². The number of halogens is 1. The van der Waals surface area contributed by atoms with Crippen LogP contribution < -0.4 is 15.5 Å². The molecule has 0 unspecified atom stereocenters. The Hall–Kier alpha value is -4.76. The molecule has 0 spiro atoms. The van der Waals surface area contributed by atoms with Crippen molar-refractivity contribution in [2.75, 3.05) is 25.0 Å². The summed E-state index contributed by atoms with van der Waals surface area (Å²) in [5.74, 6) is -0.482. The summed E-state index contributed by atoms with van der Waals surface area (Å²) in [4.78, 5) is 28.6. The number of anilines is 1. The van der Waals surface area contributed by atoms with Crippen molar-refractivity contribution in [3.05, 3.63) is 107 Å². The molecule has 1 fully saturated rings. The minimum Gasteiger partial charge on any atom is -0.508 e. The van der Waals surface area contributed by atoms with E-state index in [2.05, 4.69) is 30.5 Å². The first-order valence-corrected chi connectivity index (χ1v) is 14.1. The number of benzene rings is 3. The molecular formula is C33H33FN6O2. The summed E-state index contributed by atoms with van der Waals surface area (Å²) in [6.07, 6.45) is 5.81. The molecule has 1 saturated heterocycles. The van der Waals surface area contributed by atoms with Gasteiger partial charge >= 0.3 is 0 Å². The van der Waals surface area contributed by atoms with Gasteiger partial charge in [0.1, 0.15) is 11.6 Å². The van der Waals surface area contributed by atoms with E-state index in [1.165, 1.54) is 18.2 Å². The van der Waals surface area contributed by atoms with Gasteiger partial charge in [0.25, 0.3) is 5.91 Å². The summed E-state index contributed by atoms with van der Waals surface area (Å²) in [6, 6.07) is 18.5. The summed E-state index contributed by atoms with van der Waals surface area (Å²) in [7, 11) is 2.00. The van der Waals surface area contributed by atoms with Crippen LogP contribution in [-0.2, 0) is 0 Å². The number of nitrogens with one attached hydrogen (secondary N) is 3. The summed E-state index contributed by atoms with van der Waals surface area (Å²) in [6.45, 7) is 3.80. The maximum atomic E-state index is 14.3. The van der Waals surface area contributed by atoms with Gasteiger partial charge in [0.05, 0.1) is 24.1 Å². The van der Waals surface area contributed by atoms with E-state index in [1.54, 1.807) is 12.1 Å². The Labute approximate surface area is 243 Å². The lowest BCUT2D eigenvalue weighted by molar-refractivity contribution is 0.0942.